The Kier molecular flexibility index (Phi) is 3.06. The number of carbonyl (C=O) groups excluding carboxylic acids is 1. The molecular formula is C18H17NO4. The van der Waals surface area contributed by atoms with E-state index in [0.717, 1.165) is 11.3 Å². The predicted octanol–water partition coefficient (Wildman–Crippen LogP) is 2.33. The summed E-state index contributed by atoms with van der Waals surface area (Å²) in [6, 6.07) is 12.8. The third kappa shape index (κ3) is 2.24. The zero-order valence-corrected chi connectivity index (χ0v) is 12.8. The standard InChI is InChI=1S/C18H17NO4/c1-19-10-18(21,13-4-2-3-5-14(13)19)9-15(20)12-6-7-16-17(8-12)23-11-22-16/h2-8,21H,9-11H2,1H3/t18-/m1/s1. The number of benzene rings is 2. The summed E-state index contributed by atoms with van der Waals surface area (Å²) in [6.07, 6.45) is 0.0357. The molecule has 2 aromatic rings. The summed E-state index contributed by atoms with van der Waals surface area (Å²) in [7, 11) is 1.92. The molecule has 4 rings (SSSR count). The van der Waals surface area contributed by atoms with Crippen LogP contribution in [0.1, 0.15) is 22.3 Å². The topological polar surface area (TPSA) is 59.0 Å². The molecular weight excluding hydrogens is 294 g/mol. The molecule has 0 bridgehead atoms. The number of para-hydroxylation sites is 1. The number of ether oxygens (including phenoxy) is 2. The minimum atomic E-state index is -1.17. The smallest absolute Gasteiger partial charge is 0.231 e. The fourth-order valence-corrected chi connectivity index (χ4v) is 3.35. The Morgan fingerprint density at radius 1 is 1.22 bits per heavy atom. The molecule has 0 saturated heterocycles. The van der Waals surface area contributed by atoms with Crippen molar-refractivity contribution in [3.05, 3.63) is 53.6 Å². The fourth-order valence-electron chi connectivity index (χ4n) is 3.35. The lowest BCUT2D eigenvalue weighted by Crippen LogP contribution is -2.34. The minimum Gasteiger partial charge on any atom is -0.454 e. The number of β-amino-alcohol motifs (C(OH)–C–C–N with tert-alkyl or cyclic N) is 1. The molecule has 118 valence electrons. The van der Waals surface area contributed by atoms with E-state index < -0.39 is 5.60 Å². The van der Waals surface area contributed by atoms with E-state index >= 15 is 0 Å². The second kappa shape index (κ2) is 4.99. The van der Waals surface area contributed by atoms with Gasteiger partial charge in [-0.05, 0) is 24.3 Å². The maximum atomic E-state index is 12.6. The number of anilines is 1. The van der Waals surface area contributed by atoms with E-state index in [2.05, 4.69) is 0 Å². The maximum Gasteiger partial charge on any atom is 0.231 e. The molecule has 0 aromatic heterocycles. The second-order valence-corrected chi connectivity index (χ2v) is 6.07. The Hall–Kier alpha value is -2.53. The molecule has 5 heteroatoms. The molecule has 0 fully saturated rings. The molecule has 2 aliphatic heterocycles. The third-order valence-electron chi connectivity index (χ3n) is 4.46. The largest absolute Gasteiger partial charge is 0.454 e. The lowest BCUT2D eigenvalue weighted by Gasteiger charge is -2.23. The quantitative estimate of drug-likeness (QED) is 0.882. The number of fused-ring (bicyclic) bond motifs is 2. The number of rotatable bonds is 3. The average Bonchev–Trinajstić information content (AvgIpc) is 3.10. The first-order valence-corrected chi connectivity index (χ1v) is 7.53. The van der Waals surface area contributed by atoms with Crippen molar-refractivity contribution in [3.8, 4) is 11.5 Å². The van der Waals surface area contributed by atoms with Crippen molar-refractivity contribution in [2.45, 2.75) is 12.0 Å². The maximum absolute atomic E-state index is 12.6. The second-order valence-electron chi connectivity index (χ2n) is 6.07. The van der Waals surface area contributed by atoms with Crippen molar-refractivity contribution in [2.24, 2.45) is 0 Å². The van der Waals surface area contributed by atoms with E-state index in [0.29, 0.717) is 23.6 Å². The summed E-state index contributed by atoms with van der Waals surface area (Å²) >= 11 is 0. The summed E-state index contributed by atoms with van der Waals surface area (Å²) in [5.74, 6) is 1.11. The van der Waals surface area contributed by atoms with E-state index in [1.807, 2.05) is 36.2 Å². The molecule has 0 radical (unpaired) electrons. The Balaban J connectivity index is 1.62. The zero-order chi connectivity index (χ0) is 16.0. The van der Waals surface area contributed by atoms with E-state index in [-0.39, 0.29) is 19.0 Å². The number of hydrogen-bond donors (Lipinski definition) is 1. The van der Waals surface area contributed by atoms with Crippen molar-refractivity contribution in [1.82, 2.24) is 0 Å². The van der Waals surface area contributed by atoms with Crippen LogP contribution in [0.3, 0.4) is 0 Å². The molecule has 5 nitrogen and oxygen atoms in total. The van der Waals surface area contributed by atoms with E-state index in [4.69, 9.17) is 9.47 Å². The SMILES string of the molecule is CN1C[C@](O)(CC(=O)c2ccc3c(c2)OCO3)c2ccccc21. The Bertz CT molecular complexity index is 788. The van der Waals surface area contributed by atoms with Crippen LogP contribution in [0.4, 0.5) is 5.69 Å². The Labute approximate surface area is 134 Å². The van der Waals surface area contributed by atoms with Crippen molar-refractivity contribution < 1.29 is 19.4 Å². The van der Waals surface area contributed by atoms with Gasteiger partial charge in [-0.3, -0.25) is 4.79 Å². The van der Waals surface area contributed by atoms with Crippen LogP contribution in [0.2, 0.25) is 0 Å². The van der Waals surface area contributed by atoms with E-state index in [1.165, 1.54) is 0 Å². The van der Waals surface area contributed by atoms with Crippen LogP contribution >= 0.6 is 0 Å². The van der Waals surface area contributed by atoms with Gasteiger partial charge in [0.2, 0.25) is 6.79 Å². The van der Waals surface area contributed by atoms with Gasteiger partial charge in [0.15, 0.2) is 17.3 Å². The molecule has 0 aliphatic carbocycles. The summed E-state index contributed by atoms with van der Waals surface area (Å²) in [4.78, 5) is 14.6. The van der Waals surface area contributed by atoms with Crippen LogP contribution in [-0.2, 0) is 5.60 Å². The Morgan fingerprint density at radius 3 is 2.87 bits per heavy atom. The number of nitrogens with zero attached hydrogens (tertiary/aromatic N) is 1. The van der Waals surface area contributed by atoms with Gasteiger partial charge in [-0.15, -0.1) is 0 Å². The zero-order valence-electron chi connectivity index (χ0n) is 12.8. The van der Waals surface area contributed by atoms with Crippen molar-refractivity contribution in [2.75, 3.05) is 25.3 Å². The normalized spacial score (nSPS) is 21.4. The highest BCUT2D eigenvalue weighted by Gasteiger charge is 2.41. The van der Waals surface area contributed by atoms with Gasteiger partial charge in [0.05, 0.1) is 6.54 Å². The monoisotopic (exact) mass is 311 g/mol. The summed E-state index contributed by atoms with van der Waals surface area (Å²) in [5, 5.41) is 11.0. The molecule has 2 heterocycles. The summed E-state index contributed by atoms with van der Waals surface area (Å²) in [6.45, 7) is 0.581. The van der Waals surface area contributed by atoms with Crippen LogP contribution < -0.4 is 14.4 Å². The molecule has 0 spiro atoms. The van der Waals surface area contributed by atoms with Gasteiger partial charge in [-0.25, -0.2) is 0 Å². The summed E-state index contributed by atoms with van der Waals surface area (Å²) < 4.78 is 10.6. The van der Waals surface area contributed by atoms with E-state index in [1.54, 1.807) is 18.2 Å². The molecule has 23 heavy (non-hydrogen) atoms. The van der Waals surface area contributed by atoms with Gasteiger partial charge < -0.3 is 19.5 Å². The van der Waals surface area contributed by atoms with Crippen LogP contribution in [0, 0.1) is 0 Å². The molecule has 0 unspecified atom stereocenters. The molecule has 1 atom stereocenters. The van der Waals surface area contributed by atoms with Crippen LogP contribution in [0.15, 0.2) is 42.5 Å². The molecule has 1 N–H and O–H groups in total. The summed E-state index contributed by atoms with van der Waals surface area (Å²) in [5.41, 5.74) is 1.12. The number of aliphatic hydroxyl groups is 1. The molecule has 0 saturated carbocycles. The number of Topliss-reactive ketones (excluding diaryl/α,β-unsaturated/α-hetero) is 1. The highest BCUT2D eigenvalue weighted by molar-refractivity contribution is 5.97. The van der Waals surface area contributed by atoms with Crippen molar-refractivity contribution >= 4 is 11.5 Å². The van der Waals surface area contributed by atoms with Crippen LogP contribution in [0.5, 0.6) is 11.5 Å². The number of ketones is 1. The number of likely N-dealkylation sites (N-methyl/N-ethyl adjacent to an activating group) is 1. The minimum absolute atomic E-state index is 0.0357. The van der Waals surface area contributed by atoms with Crippen LogP contribution in [-0.4, -0.2) is 31.3 Å². The van der Waals surface area contributed by atoms with Crippen LogP contribution in [0.25, 0.3) is 0 Å². The first kappa shape index (κ1) is 14.1. The van der Waals surface area contributed by atoms with Gasteiger partial charge >= 0.3 is 0 Å². The van der Waals surface area contributed by atoms with Crippen molar-refractivity contribution in [1.29, 1.82) is 0 Å². The first-order valence-electron chi connectivity index (χ1n) is 7.53. The van der Waals surface area contributed by atoms with E-state index in [9.17, 15) is 9.90 Å². The molecule has 2 aliphatic rings. The lowest BCUT2D eigenvalue weighted by atomic mass is 9.88. The third-order valence-corrected chi connectivity index (χ3v) is 4.46. The van der Waals surface area contributed by atoms with Gasteiger partial charge in [-0.2, -0.15) is 0 Å². The first-order chi connectivity index (χ1) is 11.1. The van der Waals surface area contributed by atoms with Gasteiger partial charge in [-0.1, -0.05) is 18.2 Å². The highest BCUT2D eigenvalue weighted by Crippen LogP contribution is 2.41. The molecule has 0 amide bonds. The lowest BCUT2D eigenvalue weighted by molar-refractivity contribution is 0.0411. The van der Waals surface area contributed by atoms with Crippen molar-refractivity contribution in [3.63, 3.8) is 0 Å². The molecule has 2 aromatic carbocycles. The highest BCUT2D eigenvalue weighted by atomic mass is 16.7. The fraction of sp³-hybridized carbons (Fsp3) is 0.278. The van der Waals surface area contributed by atoms with Gasteiger partial charge in [0.25, 0.3) is 0 Å². The number of hydrogen-bond acceptors (Lipinski definition) is 5. The van der Waals surface area contributed by atoms with Gasteiger partial charge in [0.1, 0.15) is 5.60 Å². The van der Waals surface area contributed by atoms with Gasteiger partial charge in [0, 0.05) is 30.3 Å². The predicted molar refractivity (Wildman–Crippen MR) is 85.1 cm³/mol. The average molecular weight is 311 g/mol. The number of carbonyl (C=O) groups is 1. The Morgan fingerprint density at radius 2 is 2.00 bits per heavy atom.